The summed E-state index contributed by atoms with van der Waals surface area (Å²) < 4.78 is 13.7. The van der Waals surface area contributed by atoms with Gasteiger partial charge < -0.3 is 5.32 Å². The summed E-state index contributed by atoms with van der Waals surface area (Å²) in [4.78, 5) is 0. The van der Waals surface area contributed by atoms with Gasteiger partial charge in [0, 0.05) is 10.5 Å². The van der Waals surface area contributed by atoms with Crippen LogP contribution in [0.3, 0.4) is 0 Å². The van der Waals surface area contributed by atoms with Gasteiger partial charge in [-0.1, -0.05) is 15.9 Å². The Labute approximate surface area is 86.5 Å². The molecule has 0 aliphatic heterocycles. The highest BCUT2D eigenvalue weighted by molar-refractivity contribution is 9.10. The molecule has 1 atom stereocenters. The molecule has 0 aliphatic carbocycles. The minimum absolute atomic E-state index is 0.187. The monoisotopic (exact) mass is 245 g/mol. The zero-order chi connectivity index (χ0) is 9.84. The van der Waals surface area contributed by atoms with Crippen molar-refractivity contribution < 1.29 is 4.39 Å². The Bertz CT molecular complexity index is 268. The van der Waals surface area contributed by atoms with Crippen molar-refractivity contribution in [2.75, 3.05) is 7.05 Å². The number of likely N-dealkylation sites (N-methyl/N-ethyl adjacent to an activating group) is 1. The molecule has 1 unspecified atom stereocenters. The van der Waals surface area contributed by atoms with Gasteiger partial charge in [-0.05, 0) is 44.2 Å². The highest BCUT2D eigenvalue weighted by atomic mass is 79.9. The largest absolute Gasteiger partial charge is 0.317 e. The third kappa shape index (κ3) is 3.44. The number of hydrogen-bond acceptors (Lipinski definition) is 1. The summed E-state index contributed by atoms with van der Waals surface area (Å²) in [7, 11) is 1.90. The minimum atomic E-state index is -0.187. The Morgan fingerprint density at radius 3 is 2.69 bits per heavy atom. The highest BCUT2D eigenvalue weighted by Gasteiger charge is 2.03. The molecule has 72 valence electrons. The van der Waals surface area contributed by atoms with Gasteiger partial charge in [0.2, 0.25) is 0 Å². The first-order chi connectivity index (χ1) is 6.11. The third-order valence-corrected chi connectivity index (χ3v) is 2.41. The van der Waals surface area contributed by atoms with Crippen molar-refractivity contribution in [3.8, 4) is 0 Å². The van der Waals surface area contributed by atoms with Gasteiger partial charge in [-0.2, -0.15) is 0 Å². The van der Waals surface area contributed by atoms with Crippen molar-refractivity contribution in [3.05, 3.63) is 34.1 Å². The van der Waals surface area contributed by atoms with Gasteiger partial charge in [0.1, 0.15) is 5.82 Å². The normalized spacial score (nSPS) is 12.9. The van der Waals surface area contributed by atoms with E-state index in [4.69, 9.17) is 0 Å². The van der Waals surface area contributed by atoms with E-state index in [1.165, 1.54) is 6.07 Å². The van der Waals surface area contributed by atoms with Gasteiger partial charge in [0.25, 0.3) is 0 Å². The first-order valence-electron chi connectivity index (χ1n) is 4.24. The van der Waals surface area contributed by atoms with Gasteiger partial charge in [-0.15, -0.1) is 0 Å². The smallest absolute Gasteiger partial charge is 0.124 e. The van der Waals surface area contributed by atoms with Crippen LogP contribution >= 0.6 is 15.9 Å². The molecule has 13 heavy (non-hydrogen) atoms. The molecule has 1 aromatic rings. The summed E-state index contributed by atoms with van der Waals surface area (Å²) in [6, 6.07) is 5.34. The average Bonchev–Trinajstić information content (AvgIpc) is 2.02. The standard InChI is InChI=1S/C10H13BrFN/c1-7(13-2)3-8-4-9(11)6-10(12)5-8/h4-7,13H,3H2,1-2H3. The quantitative estimate of drug-likeness (QED) is 0.864. The van der Waals surface area contributed by atoms with Crippen LogP contribution in [-0.2, 0) is 6.42 Å². The molecule has 0 amide bonds. The molecular weight excluding hydrogens is 233 g/mol. The van der Waals surface area contributed by atoms with Crippen LogP contribution in [0.2, 0.25) is 0 Å². The van der Waals surface area contributed by atoms with Crippen LogP contribution < -0.4 is 5.32 Å². The van der Waals surface area contributed by atoms with Crippen LogP contribution in [-0.4, -0.2) is 13.1 Å². The Morgan fingerprint density at radius 2 is 2.15 bits per heavy atom. The second-order valence-electron chi connectivity index (χ2n) is 3.17. The van der Waals surface area contributed by atoms with E-state index in [0.717, 1.165) is 16.5 Å². The summed E-state index contributed by atoms with van der Waals surface area (Å²) >= 11 is 3.26. The molecule has 1 N–H and O–H groups in total. The van der Waals surface area contributed by atoms with Crippen molar-refractivity contribution >= 4 is 15.9 Å². The van der Waals surface area contributed by atoms with E-state index in [1.807, 2.05) is 13.1 Å². The van der Waals surface area contributed by atoms with Crippen LogP contribution in [0, 0.1) is 5.82 Å². The predicted molar refractivity (Wildman–Crippen MR) is 56.3 cm³/mol. The number of halogens is 2. The van der Waals surface area contributed by atoms with Crippen LogP contribution in [0.5, 0.6) is 0 Å². The fourth-order valence-electron chi connectivity index (χ4n) is 1.18. The first kappa shape index (κ1) is 10.7. The molecule has 0 aromatic heterocycles. The molecule has 0 bridgehead atoms. The molecule has 0 heterocycles. The predicted octanol–water partition coefficient (Wildman–Crippen LogP) is 2.74. The summed E-state index contributed by atoms with van der Waals surface area (Å²) in [5.74, 6) is -0.187. The van der Waals surface area contributed by atoms with Crippen LogP contribution in [0.4, 0.5) is 4.39 Å². The molecule has 1 rings (SSSR count). The van der Waals surface area contributed by atoms with E-state index in [9.17, 15) is 4.39 Å². The number of hydrogen-bond donors (Lipinski definition) is 1. The zero-order valence-electron chi connectivity index (χ0n) is 7.77. The van der Waals surface area contributed by atoms with E-state index in [0.29, 0.717) is 6.04 Å². The summed E-state index contributed by atoms with van der Waals surface area (Å²) in [6.45, 7) is 2.07. The van der Waals surface area contributed by atoms with Crippen molar-refractivity contribution in [1.82, 2.24) is 5.32 Å². The number of rotatable bonds is 3. The van der Waals surface area contributed by atoms with E-state index < -0.39 is 0 Å². The molecule has 1 aromatic carbocycles. The van der Waals surface area contributed by atoms with Gasteiger partial charge in [-0.3, -0.25) is 0 Å². The van der Waals surface area contributed by atoms with Crippen molar-refractivity contribution in [2.24, 2.45) is 0 Å². The molecule has 0 radical (unpaired) electrons. The molecule has 0 aliphatic rings. The maximum atomic E-state index is 12.9. The lowest BCUT2D eigenvalue weighted by molar-refractivity contribution is 0.596. The Morgan fingerprint density at radius 1 is 1.46 bits per heavy atom. The van der Waals surface area contributed by atoms with Crippen molar-refractivity contribution in [1.29, 1.82) is 0 Å². The van der Waals surface area contributed by atoms with E-state index >= 15 is 0 Å². The summed E-state index contributed by atoms with van der Waals surface area (Å²) in [6.07, 6.45) is 0.840. The Hall–Kier alpha value is -0.410. The maximum Gasteiger partial charge on any atom is 0.124 e. The second kappa shape index (κ2) is 4.72. The highest BCUT2D eigenvalue weighted by Crippen LogP contribution is 2.15. The topological polar surface area (TPSA) is 12.0 Å². The lowest BCUT2D eigenvalue weighted by Crippen LogP contribution is -2.23. The molecule has 0 fully saturated rings. The average molecular weight is 246 g/mol. The minimum Gasteiger partial charge on any atom is -0.317 e. The molecule has 1 nitrogen and oxygen atoms in total. The number of nitrogens with one attached hydrogen (secondary N) is 1. The van der Waals surface area contributed by atoms with Crippen molar-refractivity contribution in [2.45, 2.75) is 19.4 Å². The van der Waals surface area contributed by atoms with Crippen molar-refractivity contribution in [3.63, 3.8) is 0 Å². The maximum absolute atomic E-state index is 12.9. The van der Waals surface area contributed by atoms with Crippen LogP contribution in [0.25, 0.3) is 0 Å². The zero-order valence-corrected chi connectivity index (χ0v) is 9.36. The third-order valence-electron chi connectivity index (χ3n) is 1.96. The molecule has 0 saturated carbocycles. The lowest BCUT2D eigenvalue weighted by atomic mass is 10.1. The SMILES string of the molecule is CNC(C)Cc1cc(F)cc(Br)c1. The van der Waals surface area contributed by atoms with Gasteiger partial charge >= 0.3 is 0 Å². The van der Waals surface area contributed by atoms with Gasteiger partial charge in [-0.25, -0.2) is 4.39 Å². The fraction of sp³-hybridized carbons (Fsp3) is 0.400. The Kier molecular flexibility index (Phi) is 3.88. The first-order valence-corrected chi connectivity index (χ1v) is 5.03. The summed E-state index contributed by atoms with van der Waals surface area (Å²) in [5.41, 5.74) is 1.01. The van der Waals surface area contributed by atoms with E-state index in [1.54, 1.807) is 6.07 Å². The van der Waals surface area contributed by atoms with Gasteiger partial charge in [0.15, 0.2) is 0 Å². The second-order valence-corrected chi connectivity index (χ2v) is 4.09. The van der Waals surface area contributed by atoms with E-state index in [-0.39, 0.29) is 5.82 Å². The van der Waals surface area contributed by atoms with Gasteiger partial charge in [0.05, 0.1) is 0 Å². The van der Waals surface area contributed by atoms with E-state index in [2.05, 4.69) is 28.2 Å². The lowest BCUT2D eigenvalue weighted by Gasteiger charge is -2.10. The van der Waals surface area contributed by atoms with Crippen LogP contribution in [0.1, 0.15) is 12.5 Å². The molecule has 0 saturated heterocycles. The fourth-order valence-corrected chi connectivity index (χ4v) is 1.70. The summed E-state index contributed by atoms with van der Waals surface area (Å²) in [5, 5.41) is 3.11. The molecule has 0 spiro atoms. The number of benzene rings is 1. The molecular formula is C10H13BrFN. The molecule has 3 heteroatoms. The van der Waals surface area contributed by atoms with Crippen LogP contribution in [0.15, 0.2) is 22.7 Å². The Balaban J connectivity index is 2.77.